The van der Waals surface area contributed by atoms with E-state index in [2.05, 4.69) is 0 Å². The molecule has 2 fully saturated rings. The van der Waals surface area contributed by atoms with Crippen molar-refractivity contribution in [2.75, 3.05) is 0 Å². The molecule has 2 aliphatic rings. The number of ether oxygens (including phenoxy) is 2. The summed E-state index contributed by atoms with van der Waals surface area (Å²) in [6.45, 7) is 0. The van der Waals surface area contributed by atoms with E-state index in [1.165, 1.54) is 0 Å². The Labute approximate surface area is 98.0 Å². The molecule has 2 aliphatic carbocycles. The fraction of sp³-hybridized carbons (Fsp3) is 0.800. The molecule has 5 heteroatoms. The Morgan fingerprint density at radius 3 is 1.53 bits per heavy atom. The van der Waals surface area contributed by atoms with Crippen LogP contribution in [0.25, 0.3) is 0 Å². The molecule has 0 unspecified atom stereocenters. The van der Waals surface area contributed by atoms with Gasteiger partial charge in [-0.2, -0.15) is 0 Å². The van der Waals surface area contributed by atoms with E-state index in [1.54, 1.807) is 0 Å². The quantitative estimate of drug-likeness (QED) is 0.749. The van der Waals surface area contributed by atoms with Gasteiger partial charge in [0.05, 0.1) is 0 Å². The molecule has 0 radical (unpaired) electrons. The van der Waals surface area contributed by atoms with Gasteiger partial charge < -0.3 is 0 Å². The first kappa shape index (κ1) is 11.2. The van der Waals surface area contributed by atoms with Crippen LogP contribution >= 0.6 is 0 Å². The molecule has 0 spiro atoms. The Hall–Kier alpha value is -0.320. The van der Waals surface area contributed by atoms with E-state index in [0.717, 1.165) is 38.5 Å². The van der Waals surface area contributed by atoms with Gasteiger partial charge in [0.2, 0.25) is 0 Å². The van der Waals surface area contributed by atoms with Crippen LogP contribution in [0, 0.1) is 0 Å². The van der Waals surface area contributed by atoms with Crippen LogP contribution in [-0.4, -0.2) is 20.6 Å². The molecule has 0 aliphatic heterocycles. The van der Waals surface area contributed by atoms with E-state index in [1.807, 2.05) is 0 Å². The normalized spacial score (nSPS) is 21.6. The first-order valence-electron chi connectivity index (χ1n) is 5.22. The minimum atomic E-state index is -0.503. The molecule has 0 N–H and O–H groups in total. The molecule has 0 heterocycles. The molecule has 89 valence electrons. The van der Waals surface area contributed by atoms with E-state index in [9.17, 15) is 9.59 Å². The summed E-state index contributed by atoms with van der Waals surface area (Å²) in [5.74, 6) is 0. The van der Waals surface area contributed by atoms with Crippen molar-refractivity contribution in [2.24, 2.45) is 0 Å². The fourth-order valence-corrected chi connectivity index (χ4v) is 2.22. The first-order valence-corrected chi connectivity index (χ1v) is 6.70. The molecule has 0 aromatic heterocycles. The van der Waals surface area contributed by atoms with Crippen LogP contribution in [0.5, 0.6) is 0 Å². The van der Waals surface area contributed by atoms with E-state index >= 15 is 0 Å². The standard InChI is InChI=1S/2C5H7O2.Ag/c2*6-4-7-5-2-1-3-5;/h2*5H,1-3H2;. The van der Waals surface area contributed by atoms with Crippen LogP contribution < -0.4 is 0 Å². The Morgan fingerprint density at radius 1 is 0.867 bits per heavy atom. The zero-order valence-electron chi connectivity index (χ0n) is 8.33. The van der Waals surface area contributed by atoms with Gasteiger partial charge in [-0.05, 0) is 0 Å². The maximum atomic E-state index is 11.2. The molecule has 4 nitrogen and oxygen atoms in total. The third kappa shape index (κ3) is 3.33. The first-order chi connectivity index (χ1) is 7.24. The van der Waals surface area contributed by atoms with Crippen LogP contribution in [0.2, 0.25) is 0 Å². The molecule has 0 saturated heterocycles. The molecule has 2 saturated carbocycles. The molecule has 0 aromatic rings. The van der Waals surface area contributed by atoms with E-state index in [0.29, 0.717) is 0 Å². The van der Waals surface area contributed by atoms with Crippen molar-refractivity contribution < 1.29 is 38.8 Å². The predicted molar refractivity (Wildman–Crippen MR) is 48.2 cm³/mol. The van der Waals surface area contributed by atoms with Crippen molar-refractivity contribution in [3.63, 3.8) is 0 Å². The van der Waals surface area contributed by atoms with Crippen LogP contribution in [0.3, 0.4) is 0 Å². The Kier molecular flexibility index (Phi) is 3.83. The molecule has 0 bridgehead atoms. The zero-order valence-corrected chi connectivity index (χ0v) is 9.81. The Bertz CT molecular complexity index is 232. The summed E-state index contributed by atoms with van der Waals surface area (Å²) in [7, 11) is 0. The zero-order chi connectivity index (χ0) is 10.7. The summed E-state index contributed by atoms with van der Waals surface area (Å²) in [4.78, 5) is 22.5. The van der Waals surface area contributed by atoms with Crippen LogP contribution in [0.4, 0.5) is 9.59 Å². The second-order valence-corrected chi connectivity index (χ2v) is 5.41. The molecular weight excluding hydrogens is 292 g/mol. The molecule has 2 rings (SSSR count). The van der Waals surface area contributed by atoms with E-state index in [-0.39, 0.29) is 12.2 Å². The molecule has 15 heavy (non-hydrogen) atoms. The van der Waals surface area contributed by atoms with Crippen molar-refractivity contribution in [3.8, 4) is 0 Å². The number of rotatable bonds is 4. The van der Waals surface area contributed by atoms with Gasteiger partial charge >= 0.3 is 97.9 Å². The van der Waals surface area contributed by atoms with Crippen molar-refractivity contribution in [2.45, 2.75) is 50.7 Å². The van der Waals surface area contributed by atoms with Gasteiger partial charge in [-0.3, -0.25) is 0 Å². The van der Waals surface area contributed by atoms with Gasteiger partial charge in [0.1, 0.15) is 0 Å². The predicted octanol–water partition coefficient (Wildman–Crippen LogP) is 2.45. The minimum absolute atomic E-state index is 0.0575. The third-order valence-electron chi connectivity index (χ3n) is 2.73. The monoisotopic (exact) mass is 305 g/mol. The summed E-state index contributed by atoms with van der Waals surface area (Å²) >= 11 is -0.503. The fourth-order valence-electron chi connectivity index (χ4n) is 1.30. The SMILES string of the molecule is O=[C](OC1CCC1)[Ag][C](=O)OC1CCC1. The van der Waals surface area contributed by atoms with Gasteiger partial charge in [-0.25, -0.2) is 0 Å². The van der Waals surface area contributed by atoms with Gasteiger partial charge in [0.25, 0.3) is 0 Å². The number of carbonyl (C=O) groups is 2. The van der Waals surface area contributed by atoms with Crippen molar-refractivity contribution in [1.82, 2.24) is 0 Å². The van der Waals surface area contributed by atoms with E-state index in [4.69, 9.17) is 9.47 Å². The molecule has 0 amide bonds. The molecule has 0 aromatic carbocycles. The second kappa shape index (κ2) is 5.14. The van der Waals surface area contributed by atoms with Crippen LogP contribution in [-0.2, 0) is 29.2 Å². The molecule has 0 atom stereocenters. The second-order valence-electron chi connectivity index (χ2n) is 3.83. The Morgan fingerprint density at radius 2 is 1.27 bits per heavy atom. The van der Waals surface area contributed by atoms with Gasteiger partial charge in [-0.15, -0.1) is 0 Å². The van der Waals surface area contributed by atoms with Crippen LogP contribution in [0.1, 0.15) is 38.5 Å². The van der Waals surface area contributed by atoms with Crippen molar-refractivity contribution in [1.29, 1.82) is 0 Å². The summed E-state index contributed by atoms with van der Waals surface area (Å²) < 4.78 is 9.31. The summed E-state index contributed by atoms with van der Waals surface area (Å²) in [6, 6.07) is 0. The average molecular weight is 306 g/mol. The molecular formula is C10H14AgO4. The number of hydrogen-bond acceptors (Lipinski definition) is 4. The van der Waals surface area contributed by atoms with E-state index < -0.39 is 28.1 Å². The maximum absolute atomic E-state index is 11.2. The summed E-state index contributed by atoms with van der Waals surface area (Å²) in [6.07, 6.45) is 6.11. The number of hydrogen-bond donors (Lipinski definition) is 0. The number of carbonyl (C=O) groups excluding carboxylic acids is 2. The van der Waals surface area contributed by atoms with Gasteiger partial charge in [0.15, 0.2) is 0 Å². The topological polar surface area (TPSA) is 52.6 Å². The van der Waals surface area contributed by atoms with Crippen LogP contribution in [0.15, 0.2) is 0 Å². The Balaban J connectivity index is 1.61. The summed E-state index contributed by atoms with van der Waals surface area (Å²) in [5, 5.41) is 0. The van der Waals surface area contributed by atoms with Gasteiger partial charge in [-0.1, -0.05) is 0 Å². The summed E-state index contributed by atoms with van der Waals surface area (Å²) in [5.41, 5.74) is 0. The van der Waals surface area contributed by atoms with Crippen molar-refractivity contribution in [3.05, 3.63) is 0 Å². The third-order valence-corrected chi connectivity index (χ3v) is 3.68. The van der Waals surface area contributed by atoms with Gasteiger partial charge in [0, 0.05) is 0 Å². The average Bonchev–Trinajstić information content (AvgIpc) is 2.05. The van der Waals surface area contributed by atoms with Crippen molar-refractivity contribution >= 4 is 8.37 Å².